The summed E-state index contributed by atoms with van der Waals surface area (Å²) in [6, 6.07) is 1.97. The van der Waals surface area contributed by atoms with Crippen LogP contribution in [0.15, 0.2) is 11.4 Å². The lowest BCUT2D eigenvalue weighted by molar-refractivity contribution is -0.00862. The van der Waals surface area contributed by atoms with Crippen LogP contribution in [0.3, 0.4) is 0 Å². The van der Waals surface area contributed by atoms with Gasteiger partial charge in [0.2, 0.25) is 0 Å². The minimum Gasteiger partial charge on any atom is -0.384 e. The number of ether oxygens (including phenoxy) is 1. The number of aliphatic hydroxyl groups excluding tert-OH is 1. The Hall–Kier alpha value is -1.35. The molecule has 0 aliphatic heterocycles. The summed E-state index contributed by atoms with van der Waals surface area (Å²) >= 11 is 1.41. The van der Waals surface area contributed by atoms with Crippen LogP contribution in [0.5, 0.6) is 0 Å². The first-order valence-electron chi connectivity index (χ1n) is 6.33. The third-order valence-electron chi connectivity index (χ3n) is 2.98. The second-order valence-corrected chi connectivity index (χ2v) is 5.29. The van der Waals surface area contributed by atoms with Gasteiger partial charge in [-0.1, -0.05) is 11.8 Å². The predicted molar refractivity (Wildman–Crippen MR) is 74.2 cm³/mol. The highest BCUT2D eigenvalue weighted by molar-refractivity contribution is 7.10. The van der Waals surface area contributed by atoms with E-state index in [0.29, 0.717) is 11.7 Å². The smallest absolute Gasteiger partial charge is 0.252 e. The second kappa shape index (κ2) is 6.71. The van der Waals surface area contributed by atoms with Crippen LogP contribution in [-0.4, -0.2) is 36.4 Å². The molecule has 0 spiro atoms. The van der Waals surface area contributed by atoms with Gasteiger partial charge in [0.05, 0.1) is 16.5 Å². The average Bonchev–Trinajstić information content (AvgIpc) is 2.82. The fourth-order valence-corrected chi connectivity index (χ4v) is 2.73. The van der Waals surface area contributed by atoms with Crippen molar-refractivity contribution in [3.63, 3.8) is 0 Å². The number of carbonyl (C=O) groups excluding carboxylic acids is 1. The van der Waals surface area contributed by atoms with Crippen molar-refractivity contribution >= 4 is 17.2 Å². The van der Waals surface area contributed by atoms with E-state index >= 15 is 0 Å². The van der Waals surface area contributed by atoms with Crippen LogP contribution in [0.25, 0.3) is 0 Å². The summed E-state index contributed by atoms with van der Waals surface area (Å²) in [5.74, 6) is 5.30. The number of hydrogen-bond donors (Lipinski definition) is 2. The minimum atomic E-state index is -0.166. The Morgan fingerprint density at radius 2 is 2.42 bits per heavy atom. The largest absolute Gasteiger partial charge is 0.384 e. The zero-order chi connectivity index (χ0) is 13.7. The van der Waals surface area contributed by atoms with Crippen molar-refractivity contribution < 1.29 is 14.6 Å². The summed E-state index contributed by atoms with van der Waals surface area (Å²) in [5.41, 5.74) is 0.632. The molecule has 2 rings (SSSR count). The van der Waals surface area contributed by atoms with E-state index in [2.05, 4.69) is 17.2 Å². The lowest BCUT2D eigenvalue weighted by Gasteiger charge is -2.35. The van der Waals surface area contributed by atoms with Crippen LogP contribution in [0.2, 0.25) is 0 Å². The molecule has 1 aliphatic rings. The van der Waals surface area contributed by atoms with Gasteiger partial charge >= 0.3 is 0 Å². The molecular formula is C14H17NO3S. The van der Waals surface area contributed by atoms with Gasteiger partial charge in [-0.3, -0.25) is 4.79 Å². The van der Waals surface area contributed by atoms with Gasteiger partial charge in [-0.05, 0) is 25.8 Å². The molecular weight excluding hydrogens is 262 g/mol. The third-order valence-corrected chi connectivity index (χ3v) is 3.83. The number of aliphatic hydroxyl groups is 1. The highest BCUT2D eigenvalue weighted by Gasteiger charge is 2.30. The standard InChI is InChI=1S/C14H17NO3S/c1-2-18-12-7-11(8-12)15-14(17)10-6-13(19-9-10)4-3-5-16/h6,9,11-12,16H,2,5,7-8H2,1H3,(H,15,17). The van der Waals surface area contributed by atoms with Crippen LogP contribution in [0.1, 0.15) is 35.0 Å². The second-order valence-electron chi connectivity index (χ2n) is 4.38. The molecule has 1 fully saturated rings. The van der Waals surface area contributed by atoms with Crippen molar-refractivity contribution in [2.75, 3.05) is 13.2 Å². The highest BCUT2D eigenvalue weighted by atomic mass is 32.1. The minimum absolute atomic E-state index is 0.0618. The summed E-state index contributed by atoms with van der Waals surface area (Å²) in [6.07, 6.45) is 2.07. The first-order valence-corrected chi connectivity index (χ1v) is 7.21. The molecule has 1 aromatic heterocycles. The maximum Gasteiger partial charge on any atom is 0.252 e. The van der Waals surface area contributed by atoms with Crippen molar-refractivity contribution in [1.29, 1.82) is 0 Å². The summed E-state index contributed by atoms with van der Waals surface area (Å²) in [7, 11) is 0. The summed E-state index contributed by atoms with van der Waals surface area (Å²) in [5, 5.41) is 13.4. The number of carbonyl (C=O) groups is 1. The van der Waals surface area contributed by atoms with Crippen LogP contribution >= 0.6 is 11.3 Å². The van der Waals surface area contributed by atoms with E-state index in [-0.39, 0.29) is 18.6 Å². The Morgan fingerprint density at radius 1 is 1.63 bits per heavy atom. The SMILES string of the molecule is CCOC1CC(NC(=O)c2csc(C#CCO)c2)C1. The molecule has 0 atom stereocenters. The van der Waals surface area contributed by atoms with Gasteiger partial charge in [0.1, 0.15) is 6.61 Å². The molecule has 1 saturated carbocycles. The van der Waals surface area contributed by atoms with E-state index in [1.807, 2.05) is 6.92 Å². The molecule has 1 aromatic rings. The average molecular weight is 279 g/mol. The topological polar surface area (TPSA) is 58.6 Å². The third kappa shape index (κ3) is 3.80. The number of amides is 1. The summed E-state index contributed by atoms with van der Waals surface area (Å²) in [4.78, 5) is 12.7. The van der Waals surface area contributed by atoms with Gasteiger partial charge in [0.25, 0.3) is 5.91 Å². The van der Waals surface area contributed by atoms with E-state index in [4.69, 9.17) is 9.84 Å². The first kappa shape index (κ1) is 14.1. The summed E-state index contributed by atoms with van der Waals surface area (Å²) in [6.45, 7) is 2.54. The molecule has 0 aromatic carbocycles. The number of hydrogen-bond acceptors (Lipinski definition) is 4. The Labute approximate surface area is 116 Å². The van der Waals surface area contributed by atoms with E-state index < -0.39 is 0 Å². The highest BCUT2D eigenvalue weighted by Crippen LogP contribution is 2.24. The Balaban J connectivity index is 1.82. The molecule has 1 amide bonds. The van der Waals surface area contributed by atoms with Crippen LogP contribution in [-0.2, 0) is 4.74 Å². The van der Waals surface area contributed by atoms with E-state index in [0.717, 1.165) is 24.3 Å². The Bertz CT molecular complexity index is 494. The molecule has 0 radical (unpaired) electrons. The quantitative estimate of drug-likeness (QED) is 0.819. The van der Waals surface area contributed by atoms with Gasteiger partial charge in [0, 0.05) is 18.0 Å². The van der Waals surface area contributed by atoms with Gasteiger partial charge in [-0.2, -0.15) is 0 Å². The molecule has 19 heavy (non-hydrogen) atoms. The van der Waals surface area contributed by atoms with Crippen molar-refractivity contribution in [2.24, 2.45) is 0 Å². The van der Waals surface area contributed by atoms with Crippen molar-refractivity contribution in [3.05, 3.63) is 21.9 Å². The Kier molecular flexibility index (Phi) is 4.97. The predicted octanol–water partition coefficient (Wildman–Crippen LogP) is 1.39. The van der Waals surface area contributed by atoms with E-state index in [1.165, 1.54) is 11.3 Å². The Morgan fingerprint density at radius 3 is 3.11 bits per heavy atom. The van der Waals surface area contributed by atoms with Crippen LogP contribution < -0.4 is 5.32 Å². The maximum absolute atomic E-state index is 12.0. The zero-order valence-electron chi connectivity index (χ0n) is 10.8. The molecule has 0 bridgehead atoms. The first-order chi connectivity index (χ1) is 9.22. The molecule has 0 unspecified atom stereocenters. The fraction of sp³-hybridized carbons (Fsp3) is 0.500. The molecule has 1 heterocycles. The monoisotopic (exact) mass is 279 g/mol. The van der Waals surface area contributed by atoms with Crippen molar-refractivity contribution in [2.45, 2.75) is 31.9 Å². The zero-order valence-corrected chi connectivity index (χ0v) is 11.6. The molecule has 0 saturated heterocycles. The number of nitrogens with one attached hydrogen (secondary N) is 1. The van der Waals surface area contributed by atoms with Crippen molar-refractivity contribution in [1.82, 2.24) is 5.32 Å². The van der Waals surface area contributed by atoms with Crippen molar-refractivity contribution in [3.8, 4) is 11.8 Å². The lowest BCUT2D eigenvalue weighted by Crippen LogP contribution is -2.47. The molecule has 5 heteroatoms. The van der Waals surface area contributed by atoms with E-state index in [9.17, 15) is 4.79 Å². The van der Waals surface area contributed by atoms with Crippen LogP contribution in [0, 0.1) is 11.8 Å². The van der Waals surface area contributed by atoms with E-state index in [1.54, 1.807) is 11.4 Å². The molecule has 2 N–H and O–H groups in total. The van der Waals surface area contributed by atoms with Gasteiger partial charge < -0.3 is 15.2 Å². The molecule has 1 aliphatic carbocycles. The normalized spacial score (nSPS) is 21.2. The fourth-order valence-electron chi connectivity index (χ4n) is 1.97. The van der Waals surface area contributed by atoms with Gasteiger partial charge in [-0.25, -0.2) is 0 Å². The van der Waals surface area contributed by atoms with Gasteiger partial charge in [-0.15, -0.1) is 11.3 Å². The lowest BCUT2D eigenvalue weighted by atomic mass is 9.89. The van der Waals surface area contributed by atoms with Gasteiger partial charge in [0.15, 0.2) is 0 Å². The maximum atomic E-state index is 12.0. The molecule has 4 nitrogen and oxygen atoms in total. The number of thiophene rings is 1. The summed E-state index contributed by atoms with van der Waals surface area (Å²) < 4.78 is 5.45. The number of rotatable bonds is 4. The van der Waals surface area contributed by atoms with Crippen LogP contribution in [0.4, 0.5) is 0 Å². The molecule has 102 valence electrons.